The predicted octanol–water partition coefficient (Wildman–Crippen LogP) is 3.55. The molecule has 2 heterocycles. The summed E-state index contributed by atoms with van der Waals surface area (Å²) in [6, 6.07) is 13.7. The quantitative estimate of drug-likeness (QED) is 0.365. The number of carbonyl (C=O) groups excluding carboxylic acids is 1. The summed E-state index contributed by atoms with van der Waals surface area (Å²) in [6.07, 6.45) is 1.50. The van der Waals surface area contributed by atoms with Crippen LogP contribution >= 0.6 is 11.8 Å². The SMILES string of the molecule is CCCn1c2ccccc2c2nnc(S[C@@H](CC)C(=O)Nc3ccc(S(N)(=O)=O)cc3)nc21. The van der Waals surface area contributed by atoms with Crippen LogP contribution in [0.4, 0.5) is 5.69 Å². The number of hydrogen-bond donors (Lipinski definition) is 2. The van der Waals surface area contributed by atoms with E-state index in [1.54, 1.807) is 0 Å². The highest BCUT2D eigenvalue weighted by Crippen LogP contribution is 2.29. The van der Waals surface area contributed by atoms with Gasteiger partial charge in [0.25, 0.3) is 0 Å². The molecule has 2 aromatic heterocycles. The van der Waals surface area contributed by atoms with Crippen LogP contribution in [0.3, 0.4) is 0 Å². The van der Waals surface area contributed by atoms with Crippen LogP contribution in [0.5, 0.6) is 0 Å². The smallest absolute Gasteiger partial charge is 0.238 e. The molecule has 0 spiro atoms. The summed E-state index contributed by atoms with van der Waals surface area (Å²) in [7, 11) is -3.79. The van der Waals surface area contributed by atoms with E-state index in [2.05, 4.69) is 27.0 Å². The molecule has 0 aliphatic heterocycles. The Balaban J connectivity index is 1.57. The molecule has 0 aliphatic carbocycles. The number of aryl methyl sites for hydroxylation is 1. The summed E-state index contributed by atoms with van der Waals surface area (Å²) in [6.45, 7) is 4.82. The van der Waals surface area contributed by atoms with Crippen molar-refractivity contribution >= 4 is 55.4 Å². The van der Waals surface area contributed by atoms with Crippen molar-refractivity contribution in [1.29, 1.82) is 0 Å². The van der Waals surface area contributed by atoms with Crippen molar-refractivity contribution in [3.05, 3.63) is 48.5 Å². The molecule has 4 rings (SSSR count). The van der Waals surface area contributed by atoms with Gasteiger partial charge in [0.2, 0.25) is 21.1 Å². The summed E-state index contributed by atoms with van der Waals surface area (Å²) < 4.78 is 24.9. The van der Waals surface area contributed by atoms with Crippen molar-refractivity contribution in [2.45, 2.75) is 48.5 Å². The molecule has 11 heteroatoms. The minimum absolute atomic E-state index is 0.0165. The van der Waals surface area contributed by atoms with Gasteiger partial charge in [0.15, 0.2) is 5.65 Å². The van der Waals surface area contributed by atoms with Crippen LogP contribution in [0, 0.1) is 0 Å². The van der Waals surface area contributed by atoms with E-state index in [-0.39, 0.29) is 10.8 Å². The molecular weight excluding hydrogens is 460 g/mol. The van der Waals surface area contributed by atoms with Gasteiger partial charge in [-0.25, -0.2) is 18.5 Å². The minimum Gasteiger partial charge on any atom is -0.325 e. The number of rotatable bonds is 8. The average Bonchev–Trinajstić information content (AvgIpc) is 3.10. The monoisotopic (exact) mass is 484 g/mol. The van der Waals surface area contributed by atoms with Gasteiger partial charge in [-0.1, -0.05) is 43.8 Å². The average molecular weight is 485 g/mol. The summed E-state index contributed by atoms with van der Waals surface area (Å²) in [4.78, 5) is 17.6. The van der Waals surface area contributed by atoms with E-state index in [0.29, 0.717) is 17.3 Å². The molecule has 0 saturated carbocycles. The van der Waals surface area contributed by atoms with Gasteiger partial charge in [-0.2, -0.15) is 0 Å². The van der Waals surface area contributed by atoms with Crippen LogP contribution in [-0.4, -0.2) is 39.3 Å². The van der Waals surface area contributed by atoms with Crippen molar-refractivity contribution in [2.24, 2.45) is 5.14 Å². The number of primary sulfonamides is 1. The van der Waals surface area contributed by atoms with Gasteiger partial charge >= 0.3 is 0 Å². The van der Waals surface area contributed by atoms with E-state index < -0.39 is 15.3 Å². The Labute approximate surface area is 195 Å². The lowest BCUT2D eigenvalue weighted by Gasteiger charge is -2.14. The molecule has 1 atom stereocenters. The third-order valence-corrected chi connectivity index (χ3v) is 7.31. The third-order valence-electron chi connectivity index (χ3n) is 5.16. The summed E-state index contributed by atoms with van der Waals surface area (Å²) in [5.41, 5.74) is 3.04. The lowest BCUT2D eigenvalue weighted by atomic mass is 10.2. The normalized spacial score (nSPS) is 12.8. The highest BCUT2D eigenvalue weighted by atomic mass is 32.2. The van der Waals surface area contributed by atoms with Gasteiger partial charge in [0.05, 0.1) is 15.7 Å². The second-order valence-corrected chi connectivity index (χ2v) is 10.2. The highest BCUT2D eigenvalue weighted by Gasteiger charge is 2.22. The number of nitrogens with two attached hydrogens (primary N) is 1. The lowest BCUT2D eigenvalue weighted by Crippen LogP contribution is -2.25. The maximum atomic E-state index is 12.8. The maximum Gasteiger partial charge on any atom is 0.238 e. The highest BCUT2D eigenvalue weighted by molar-refractivity contribution is 8.00. The van der Waals surface area contributed by atoms with E-state index >= 15 is 0 Å². The number of aromatic nitrogens is 4. The molecule has 4 aromatic rings. The molecule has 2 aromatic carbocycles. The Bertz CT molecular complexity index is 1420. The molecule has 3 N–H and O–H groups in total. The number of amides is 1. The van der Waals surface area contributed by atoms with Gasteiger partial charge in [-0.3, -0.25) is 4.79 Å². The Kier molecular flexibility index (Phi) is 6.63. The van der Waals surface area contributed by atoms with E-state index in [4.69, 9.17) is 10.1 Å². The Morgan fingerprint density at radius 1 is 1.12 bits per heavy atom. The fourth-order valence-corrected chi connectivity index (χ4v) is 4.92. The van der Waals surface area contributed by atoms with Crippen LogP contribution < -0.4 is 10.5 Å². The van der Waals surface area contributed by atoms with Gasteiger partial charge in [-0.15, -0.1) is 10.2 Å². The maximum absolute atomic E-state index is 12.8. The van der Waals surface area contributed by atoms with Crippen LogP contribution in [-0.2, 0) is 21.4 Å². The molecule has 0 fully saturated rings. The number of para-hydroxylation sites is 1. The number of hydrogen-bond acceptors (Lipinski definition) is 7. The standard InChI is InChI=1S/C22H24N6O3S2/c1-3-13-28-17-8-6-5-7-16(17)19-20(28)25-22(27-26-19)32-18(4-2)21(29)24-14-9-11-15(12-10-14)33(23,30)31/h5-12,18H,3-4,13H2,1-2H3,(H,24,29)(H2,23,30,31)/t18-/m0/s1. The molecule has 0 bridgehead atoms. The number of thioether (sulfide) groups is 1. The minimum atomic E-state index is -3.79. The summed E-state index contributed by atoms with van der Waals surface area (Å²) >= 11 is 1.25. The molecular formula is C22H24N6O3S2. The first-order valence-corrected chi connectivity index (χ1v) is 13.0. The zero-order chi connectivity index (χ0) is 23.6. The van der Waals surface area contributed by atoms with Crippen molar-refractivity contribution in [2.75, 3.05) is 5.32 Å². The zero-order valence-corrected chi connectivity index (χ0v) is 19.9. The second-order valence-electron chi connectivity index (χ2n) is 7.51. The topological polar surface area (TPSA) is 133 Å². The van der Waals surface area contributed by atoms with Gasteiger partial charge in [-0.05, 0) is 43.2 Å². The zero-order valence-electron chi connectivity index (χ0n) is 18.2. The van der Waals surface area contributed by atoms with Crippen LogP contribution in [0.25, 0.3) is 22.1 Å². The summed E-state index contributed by atoms with van der Waals surface area (Å²) in [5, 5.41) is 17.6. The third kappa shape index (κ3) is 4.85. The second kappa shape index (κ2) is 9.46. The number of carbonyl (C=O) groups is 1. The number of nitrogens with zero attached hydrogens (tertiary/aromatic N) is 4. The number of sulfonamides is 1. The first-order valence-electron chi connectivity index (χ1n) is 10.5. The largest absolute Gasteiger partial charge is 0.325 e. The first-order chi connectivity index (χ1) is 15.8. The number of fused-ring (bicyclic) bond motifs is 3. The van der Waals surface area contributed by atoms with E-state index in [0.717, 1.165) is 35.0 Å². The Morgan fingerprint density at radius 2 is 1.85 bits per heavy atom. The van der Waals surface area contributed by atoms with Crippen molar-refractivity contribution in [3.8, 4) is 0 Å². The lowest BCUT2D eigenvalue weighted by molar-refractivity contribution is -0.115. The van der Waals surface area contributed by atoms with E-state index in [9.17, 15) is 13.2 Å². The van der Waals surface area contributed by atoms with Crippen molar-refractivity contribution in [3.63, 3.8) is 0 Å². The van der Waals surface area contributed by atoms with Crippen molar-refractivity contribution < 1.29 is 13.2 Å². The summed E-state index contributed by atoms with van der Waals surface area (Å²) in [5.74, 6) is -0.233. The number of nitrogens with one attached hydrogen (secondary N) is 1. The fraction of sp³-hybridized carbons (Fsp3) is 0.273. The van der Waals surface area contributed by atoms with Gasteiger partial charge in [0, 0.05) is 17.6 Å². The van der Waals surface area contributed by atoms with Crippen LogP contribution in [0.2, 0.25) is 0 Å². The molecule has 0 saturated heterocycles. The predicted molar refractivity (Wildman–Crippen MR) is 130 cm³/mol. The Morgan fingerprint density at radius 3 is 2.52 bits per heavy atom. The molecule has 33 heavy (non-hydrogen) atoms. The number of anilines is 1. The molecule has 1 amide bonds. The van der Waals surface area contributed by atoms with Gasteiger partial charge in [0.1, 0.15) is 5.52 Å². The first kappa shape index (κ1) is 23.1. The molecule has 172 valence electrons. The molecule has 0 unspecified atom stereocenters. The van der Waals surface area contributed by atoms with Crippen LogP contribution in [0.15, 0.2) is 58.6 Å². The number of benzene rings is 2. The van der Waals surface area contributed by atoms with E-state index in [1.165, 1.54) is 36.0 Å². The molecule has 0 aliphatic rings. The van der Waals surface area contributed by atoms with Crippen LogP contribution in [0.1, 0.15) is 26.7 Å². The fourth-order valence-electron chi connectivity index (χ4n) is 3.59. The Hall–Kier alpha value is -3.02. The van der Waals surface area contributed by atoms with Crippen molar-refractivity contribution in [1.82, 2.24) is 19.7 Å². The van der Waals surface area contributed by atoms with E-state index in [1.807, 2.05) is 31.2 Å². The molecule has 9 nitrogen and oxygen atoms in total. The molecule has 0 radical (unpaired) electrons. The van der Waals surface area contributed by atoms with Gasteiger partial charge < -0.3 is 9.88 Å².